The van der Waals surface area contributed by atoms with Gasteiger partial charge in [0.2, 0.25) is 0 Å². The summed E-state index contributed by atoms with van der Waals surface area (Å²) in [4.78, 5) is 0. The van der Waals surface area contributed by atoms with E-state index in [0.29, 0.717) is 18.5 Å². The molecule has 3 heteroatoms. The Bertz CT molecular complexity index is 286. The minimum Gasteiger partial charge on any atom is -0.330 e. The largest absolute Gasteiger partial charge is 0.330 e. The van der Waals surface area contributed by atoms with Crippen molar-refractivity contribution in [2.24, 2.45) is 11.7 Å². The lowest BCUT2D eigenvalue weighted by molar-refractivity contribution is 0.538. The maximum Gasteiger partial charge on any atom is 0.129 e. The number of hydrogen-bond donors (Lipinski definition) is 1. The van der Waals surface area contributed by atoms with Gasteiger partial charge in [0.05, 0.1) is 0 Å². The van der Waals surface area contributed by atoms with Gasteiger partial charge in [0.1, 0.15) is 11.6 Å². The van der Waals surface area contributed by atoms with Crippen LogP contribution in [0.25, 0.3) is 0 Å². The second kappa shape index (κ2) is 4.33. The van der Waals surface area contributed by atoms with E-state index in [4.69, 9.17) is 5.73 Å². The van der Waals surface area contributed by atoms with Crippen LogP contribution in [0.15, 0.2) is 18.2 Å². The standard InChI is InChI=1S/C10H13F2N/c1-7(6-13)4-8-2-3-9(11)5-10(8)12/h2-3,5,7H,4,6,13H2,1H3/t7-/m0/s1. The highest BCUT2D eigenvalue weighted by atomic mass is 19.1. The van der Waals surface area contributed by atoms with Gasteiger partial charge in [-0.15, -0.1) is 0 Å². The fourth-order valence-corrected chi connectivity index (χ4v) is 1.15. The first-order valence-corrected chi connectivity index (χ1v) is 4.27. The van der Waals surface area contributed by atoms with E-state index in [1.807, 2.05) is 6.92 Å². The van der Waals surface area contributed by atoms with E-state index in [-0.39, 0.29) is 5.92 Å². The first kappa shape index (κ1) is 10.1. The third-order valence-electron chi connectivity index (χ3n) is 1.99. The first-order chi connectivity index (χ1) is 6.13. The van der Waals surface area contributed by atoms with Crippen LogP contribution in [0.4, 0.5) is 8.78 Å². The number of nitrogens with two attached hydrogens (primary N) is 1. The van der Waals surface area contributed by atoms with Crippen molar-refractivity contribution < 1.29 is 8.78 Å². The van der Waals surface area contributed by atoms with Gasteiger partial charge in [0, 0.05) is 6.07 Å². The highest BCUT2D eigenvalue weighted by Gasteiger charge is 2.07. The minimum absolute atomic E-state index is 0.222. The summed E-state index contributed by atoms with van der Waals surface area (Å²) in [6.07, 6.45) is 0.558. The zero-order valence-corrected chi connectivity index (χ0v) is 7.56. The summed E-state index contributed by atoms with van der Waals surface area (Å²) in [6, 6.07) is 3.64. The molecule has 0 aliphatic heterocycles. The third kappa shape index (κ3) is 2.77. The molecule has 0 unspecified atom stereocenters. The highest BCUT2D eigenvalue weighted by molar-refractivity contribution is 5.18. The van der Waals surface area contributed by atoms with Crippen molar-refractivity contribution in [3.05, 3.63) is 35.4 Å². The number of benzene rings is 1. The predicted molar refractivity (Wildman–Crippen MR) is 48.3 cm³/mol. The van der Waals surface area contributed by atoms with E-state index in [1.54, 1.807) is 0 Å². The third-order valence-corrected chi connectivity index (χ3v) is 1.99. The fraction of sp³-hybridized carbons (Fsp3) is 0.400. The van der Waals surface area contributed by atoms with E-state index in [2.05, 4.69) is 0 Å². The van der Waals surface area contributed by atoms with Gasteiger partial charge in [0.25, 0.3) is 0 Å². The molecule has 1 aromatic carbocycles. The summed E-state index contributed by atoms with van der Waals surface area (Å²) in [5, 5.41) is 0. The molecule has 0 aliphatic carbocycles. The van der Waals surface area contributed by atoms with Gasteiger partial charge in [0.15, 0.2) is 0 Å². The van der Waals surface area contributed by atoms with Crippen LogP contribution in [0.2, 0.25) is 0 Å². The smallest absolute Gasteiger partial charge is 0.129 e. The summed E-state index contributed by atoms with van der Waals surface area (Å²) in [5.41, 5.74) is 5.93. The topological polar surface area (TPSA) is 26.0 Å². The van der Waals surface area contributed by atoms with Gasteiger partial charge >= 0.3 is 0 Å². The van der Waals surface area contributed by atoms with Gasteiger partial charge in [-0.1, -0.05) is 13.0 Å². The quantitative estimate of drug-likeness (QED) is 0.766. The van der Waals surface area contributed by atoms with Crippen LogP contribution in [0.1, 0.15) is 12.5 Å². The van der Waals surface area contributed by atoms with Crippen molar-refractivity contribution in [1.82, 2.24) is 0 Å². The SMILES string of the molecule is C[C@H](CN)Cc1ccc(F)cc1F. The van der Waals surface area contributed by atoms with Crippen LogP contribution >= 0.6 is 0 Å². The lowest BCUT2D eigenvalue weighted by Crippen LogP contribution is -2.13. The molecular weight excluding hydrogens is 172 g/mol. The zero-order chi connectivity index (χ0) is 9.84. The molecule has 0 bridgehead atoms. The molecule has 0 aliphatic rings. The predicted octanol–water partition coefficient (Wildman–Crippen LogP) is 2.10. The molecule has 0 aromatic heterocycles. The molecule has 0 saturated carbocycles. The van der Waals surface area contributed by atoms with Crippen molar-refractivity contribution in [2.45, 2.75) is 13.3 Å². The Morgan fingerprint density at radius 3 is 2.62 bits per heavy atom. The second-order valence-corrected chi connectivity index (χ2v) is 3.28. The Labute approximate surface area is 76.6 Å². The molecule has 13 heavy (non-hydrogen) atoms. The second-order valence-electron chi connectivity index (χ2n) is 3.28. The molecule has 0 radical (unpaired) electrons. The molecule has 0 amide bonds. The maximum atomic E-state index is 13.1. The van der Waals surface area contributed by atoms with E-state index in [9.17, 15) is 8.78 Å². The zero-order valence-electron chi connectivity index (χ0n) is 7.56. The summed E-state index contributed by atoms with van der Waals surface area (Å²) < 4.78 is 25.6. The van der Waals surface area contributed by atoms with Crippen LogP contribution in [-0.2, 0) is 6.42 Å². The average Bonchev–Trinajstić information content (AvgIpc) is 2.09. The summed E-state index contributed by atoms with van der Waals surface area (Å²) in [7, 11) is 0. The maximum absolute atomic E-state index is 13.1. The van der Waals surface area contributed by atoms with Gasteiger partial charge < -0.3 is 5.73 Å². The molecular formula is C10H13F2N. The van der Waals surface area contributed by atoms with E-state index in [1.165, 1.54) is 12.1 Å². The Morgan fingerprint density at radius 1 is 1.38 bits per heavy atom. The van der Waals surface area contributed by atoms with Crippen molar-refractivity contribution >= 4 is 0 Å². The molecule has 0 spiro atoms. The Morgan fingerprint density at radius 2 is 2.08 bits per heavy atom. The van der Waals surface area contributed by atoms with E-state index >= 15 is 0 Å². The van der Waals surface area contributed by atoms with Crippen LogP contribution < -0.4 is 5.73 Å². The minimum atomic E-state index is -0.540. The highest BCUT2D eigenvalue weighted by Crippen LogP contribution is 2.13. The Hall–Kier alpha value is -0.960. The van der Waals surface area contributed by atoms with Crippen LogP contribution in [0, 0.1) is 17.6 Å². The van der Waals surface area contributed by atoms with Crippen LogP contribution in [-0.4, -0.2) is 6.54 Å². The summed E-state index contributed by atoms with van der Waals surface area (Å²) in [5.74, 6) is -0.804. The number of hydrogen-bond acceptors (Lipinski definition) is 1. The Balaban J connectivity index is 2.77. The number of halogens is 2. The normalized spacial score (nSPS) is 12.9. The van der Waals surface area contributed by atoms with Crippen molar-refractivity contribution in [3.8, 4) is 0 Å². The monoisotopic (exact) mass is 185 g/mol. The van der Waals surface area contributed by atoms with Gasteiger partial charge in [-0.05, 0) is 30.5 Å². The number of rotatable bonds is 3. The van der Waals surface area contributed by atoms with Crippen molar-refractivity contribution in [3.63, 3.8) is 0 Å². The summed E-state index contributed by atoms with van der Waals surface area (Å²) in [6.45, 7) is 2.44. The van der Waals surface area contributed by atoms with Gasteiger partial charge in [-0.2, -0.15) is 0 Å². The first-order valence-electron chi connectivity index (χ1n) is 4.27. The molecule has 0 heterocycles. The molecule has 1 atom stereocenters. The van der Waals surface area contributed by atoms with E-state index < -0.39 is 11.6 Å². The van der Waals surface area contributed by atoms with Gasteiger partial charge in [-0.25, -0.2) is 8.78 Å². The van der Waals surface area contributed by atoms with Crippen molar-refractivity contribution in [2.75, 3.05) is 6.54 Å². The van der Waals surface area contributed by atoms with Gasteiger partial charge in [-0.3, -0.25) is 0 Å². The average molecular weight is 185 g/mol. The fourth-order valence-electron chi connectivity index (χ4n) is 1.15. The molecule has 0 fully saturated rings. The lowest BCUT2D eigenvalue weighted by atomic mass is 10.0. The molecule has 72 valence electrons. The van der Waals surface area contributed by atoms with Crippen LogP contribution in [0.3, 0.4) is 0 Å². The molecule has 2 N–H and O–H groups in total. The van der Waals surface area contributed by atoms with E-state index in [0.717, 1.165) is 6.07 Å². The Kier molecular flexibility index (Phi) is 3.37. The lowest BCUT2D eigenvalue weighted by Gasteiger charge is -2.08. The molecule has 1 rings (SSSR count). The van der Waals surface area contributed by atoms with Crippen LogP contribution in [0.5, 0.6) is 0 Å². The molecule has 1 nitrogen and oxygen atoms in total. The molecule has 0 saturated heterocycles. The summed E-state index contributed by atoms with van der Waals surface area (Å²) >= 11 is 0. The van der Waals surface area contributed by atoms with Crippen molar-refractivity contribution in [1.29, 1.82) is 0 Å². The molecule has 1 aromatic rings.